The van der Waals surface area contributed by atoms with Gasteiger partial charge in [0.2, 0.25) is 16.6 Å². The fourth-order valence-corrected chi connectivity index (χ4v) is 5.89. The molecule has 0 aromatic carbocycles. The average Bonchev–Trinajstić information content (AvgIpc) is 2.99. The van der Waals surface area contributed by atoms with E-state index in [9.17, 15) is 13.0 Å². The Morgan fingerprint density at radius 2 is 0.889 bits per heavy atom. The first-order chi connectivity index (χ1) is 21.8. The van der Waals surface area contributed by atoms with Gasteiger partial charge in [-0.1, -0.05) is 117 Å². The van der Waals surface area contributed by atoms with Crippen LogP contribution in [0.3, 0.4) is 0 Å². The summed E-state index contributed by atoms with van der Waals surface area (Å²) in [5, 5.41) is 1.86. The molecule has 0 heterocycles. The van der Waals surface area contributed by atoms with Crippen molar-refractivity contribution in [2.75, 3.05) is 46.2 Å². The van der Waals surface area contributed by atoms with Crippen molar-refractivity contribution in [3.63, 3.8) is 0 Å². The van der Waals surface area contributed by atoms with E-state index in [1.165, 1.54) is 96.3 Å². The van der Waals surface area contributed by atoms with Crippen molar-refractivity contribution in [2.24, 2.45) is 5.92 Å². The van der Waals surface area contributed by atoms with Gasteiger partial charge in [-0.05, 0) is 57.3 Å². The van der Waals surface area contributed by atoms with Gasteiger partial charge in [-0.15, -0.1) is 0 Å². The minimum absolute atomic E-state index is 0.477. The zero-order chi connectivity index (χ0) is 33.1. The fourth-order valence-electron chi connectivity index (χ4n) is 5.41. The molecule has 0 spiro atoms. The van der Waals surface area contributed by atoms with E-state index in [0.717, 1.165) is 83.8 Å². The second-order valence-electron chi connectivity index (χ2n) is 13.3. The van der Waals surface area contributed by atoms with Crippen LogP contribution in [0.5, 0.6) is 0 Å². The van der Waals surface area contributed by atoms with E-state index < -0.39 is 16.6 Å². The third-order valence-electron chi connectivity index (χ3n) is 8.23. The molecular weight excluding hydrogens is 590 g/mol. The Bertz CT molecular complexity index is 678. The third kappa shape index (κ3) is 39.8. The van der Waals surface area contributed by atoms with E-state index in [1.54, 1.807) is 0 Å². The minimum Gasteiger partial charge on any atom is -0.725 e. The number of hydrogen-bond acceptors (Lipinski definition) is 7. The Morgan fingerprint density at radius 3 is 1.29 bits per heavy atom. The average molecular weight is 666 g/mol. The first-order valence-corrected chi connectivity index (χ1v) is 20.4. The molecule has 0 aromatic heterocycles. The second-order valence-corrected chi connectivity index (χ2v) is 14.3. The van der Waals surface area contributed by atoms with Gasteiger partial charge in [0.05, 0.1) is 6.54 Å². The van der Waals surface area contributed by atoms with Gasteiger partial charge in [0.15, 0.2) is 0 Å². The van der Waals surface area contributed by atoms with Crippen LogP contribution in [0.2, 0.25) is 0 Å². The molecule has 8 nitrogen and oxygen atoms in total. The maximum absolute atomic E-state index is 11.2. The highest BCUT2D eigenvalue weighted by molar-refractivity contribution is 7.80. The van der Waals surface area contributed by atoms with Crippen LogP contribution in [0.1, 0.15) is 175 Å². The number of ether oxygens (including phenoxy) is 3. The topological polar surface area (TPSA) is 111 Å². The van der Waals surface area contributed by atoms with Crippen LogP contribution >= 0.6 is 0 Å². The van der Waals surface area contributed by atoms with Gasteiger partial charge >= 0.3 is 0 Å². The molecule has 0 amide bonds. The second kappa shape index (κ2) is 35.0. The van der Waals surface area contributed by atoms with Gasteiger partial charge in [-0.25, -0.2) is 12.6 Å². The largest absolute Gasteiger partial charge is 0.725 e. The lowest BCUT2D eigenvalue weighted by Crippen LogP contribution is -2.90. The SMILES string of the molecule is CCCCOCCCCOCCCCOCCCC([NH2+]CCCCCCCCCCCCCCCCCC(C)C)OS(=O)(=O)[O-]. The number of rotatable bonds is 38. The van der Waals surface area contributed by atoms with Gasteiger partial charge in [0, 0.05) is 46.1 Å². The Morgan fingerprint density at radius 1 is 0.511 bits per heavy atom. The fraction of sp³-hybridized carbons (Fsp3) is 1.00. The lowest BCUT2D eigenvalue weighted by molar-refractivity contribution is -0.719. The van der Waals surface area contributed by atoms with E-state index >= 15 is 0 Å². The van der Waals surface area contributed by atoms with Crippen LogP contribution in [0, 0.1) is 5.92 Å². The van der Waals surface area contributed by atoms with Gasteiger partial charge in [-0.2, -0.15) is 0 Å². The van der Waals surface area contributed by atoms with Crippen molar-refractivity contribution in [3.8, 4) is 0 Å². The summed E-state index contributed by atoms with van der Waals surface area (Å²) in [6.07, 6.45) is 28.0. The van der Waals surface area contributed by atoms with E-state index in [4.69, 9.17) is 18.4 Å². The molecule has 0 saturated carbocycles. The maximum atomic E-state index is 11.2. The van der Waals surface area contributed by atoms with Gasteiger partial charge in [-0.3, -0.25) is 0 Å². The molecule has 0 aliphatic rings. The van der Waals surface area contributed by atoms with Crippen LogP contribution in [0.25, 0.3) is 0 Å². The zero-order valence-electron chi connectivity index (χ0n) is 29.9. The minimum atomic E-state index is -4.71. The van der Waals surface area contributed by atoms with Gasteiger partial charge in [0.25, 0.3) is 0 Å². The van der Waals surface area contributed by atoms with E-state index in [2.05, 4.69) is 20.8 Å². The predicted octanol–water partition coefficient (Wildman–Crippen LogP) is 8.44. The van der Waals surface area contributed by atoms with Crippen molar-refractivity contribution < 1.29 is 36.7 Å². The highest BCUT2D eigenvalue weighted by atomic mass is 32.3. The Labute approximate surface area is 279 Å². The smallest absolute Gasteiger partial charge is 0.222 e. The Hall–Kier alpha value is -0.290. The summed E-state index contributed by atoms with van der Waals surface area (Å²) < 4.78 is 55.2. The van der Waals surface area contributed by atoms with Crippen LogP contribution in [-0.2, 0) is 28.8 Å². The zero-order valence-corrected chi connectivity index (χ0v) is 30.7. The molecule has 45 heavy (non-hydrogen) atoms. The molecule has 0 rings (SSSR count). The summed E-state index contributed by atoms with van der Waals surface area (Å²) in [7, 11) is -4.71. The van der Waals surface area contributed by atoms with Gasteiger partial charge in [0.1, 0.15) is 0 Å². The molecule has 0 fully saturated rings. The Balaban J connectivity index is 3.56. The van der Waals surface area contributed by atoms with E-state index in [-0.39, 0.29) is 0 Å². The summed E-state index contributed by atoms with van der Waals surface area (Å²) in [4.78, 5) is 0. The molecule has 0 bridgehead atoms. The summed E-state index contributed by atoms with van der Waals surface area (Å²) >= 11 is 0. The monoisotopic (exact) mass is 666 g/mol. The van der Waals surface area contributed by atoms with Crippen molar-refractivity contribution in [1.82, 2.24) is 0 Å². The third-order valence-corrected chi connectivity index (χ3v) is 8.71. The van der Waals surface area contributed by atoms with E-state index in [0.29, 0.717) is 26.1 Å². The van der Waals surface area contributed by atoms with Crippen molar-refractivity contribution in [3.05, 3.63) is 0 Å². The highest BCUT2D eigenvalue weighted by Crippen LogP contribution is 2.15. The maximum Gasteiger partial charge on any atom is 0.222 e. The molecule has 2 N–H and O–H groups in total. The van der Waals surface area contributed by atoms with Crippen LogP contribution in [-0.4, -0.2) is 65.4 Å². The van der Waals surface area contributed by atoms with E-state index in [1.807, 2.05) is 5.32 Å². The molecule has 9 heteroatoms. The predicted molar refractivity (Wildman–Crippen MR) is 185 cm³/mol. The van der Waals surface area contributed by atoms with Crippen molar-refractivity contribution in [2.45, 2.75) is 181 Å². The molecule has 272 valence electrons. The molecule has 0 saturated heterocycles. The molecule has 0 radical (unpaired) electrons. The normalized spacial score (nSPS) is 12.8. The number of unbranched alkanes of at least 4 members (excludes halogenated alkanes) is 17. The summed E-state index contributed by atoms with van der Waals surface area (Å²) in [6.45, 7) is 12.0. The lowest BCUT2D eigenvalue weighted by Gasteiger charge is -2.17. The molecule has 1 unspecified atom stereocenters. The number of nitrogens with two attached hydrogens (primary N) is 1. The summed E-state index contributed by atoms with van der Waals surface area (Å²) in [5.74, 6) is 0.852. The molecule has 0 aromatic rings. The molecule has 1 atom stereocenters. The summed E-state index contributed by atoms with van der Waals surface area (Å²) in [6, 6.07) is 0. The van der Waals surface area contributed by atoms with Crippen molar-refractivity contribution in [1.29, 1.82) is 0 Å². The van der Waals surface area contributed by atoms with Crippen LogP contribution in [0.15, 0.2) is 0 Å². The van der Waals surface area contributed by atoms with Crippen LogP contribution in [0.4, 0.5) is 0 Å². The quantitative estimate of drug-likeness (QED) is 0.0305. The number of quaternary nitrogens is 1. The Kier molecular flexibility index (Phi) is 34.8. The first kappa shape index (κ1) is 44.7. The van der Waals surface area contributed by atoms with Crippen LogP contribution < -0.4 is 5.32 Å². The molecule has 0 aliphatic carbocycles. The molecular formula is C36H75NO7S. The first-order valence-electron chi connectivity index (χ1n) is 19.1. The highest BCUT2D eigenvalue weighted by Gasteiger charge is 2.15. The van der Waals surface area contributed by atoms with Gasteiger partial charge < -0.3 is 24.1 Å². The van der Waals surface area contributed by atoms with Crippen molar-refractivity contribution >= 4 is 10.4 Å². The lowest BCUT2D eigenvalue weighted by atomic mass is 10.0. The standard InChI is InChI=1S/C36H75NO7S/c1-4-5-29-41-30-21-22-31-42-32-23-24-33-43-34-25-27-36(44-45(38,39)40)37-28-20-18-16-14-12-10-8-6-7-9-11-13-15-17-19-26-35(2)3/h35-37H,4-34H2,1-3H3,(H,38,39,40). The molecule has 0 aliphatic heterocycles. The number of hydrogen-bond donors (Lipinski definition) is 1. The summed E-state index contributed by atoms with van der Waals surface area (Å²) in [5.41, 5.74) is 0.